The van der Waals surface area contributed by atoms with Gasteiger partial charge in [0.25, 0.3) is 0 Å². The van der Waals surface area contributed by atoms with E-state index in [1.165, 1.54) is 0 Å². The topological polar surface area (TPSA) is 52.7 Å². The Labute approximate surface area is 115 Å². The zero-order valence-corrected chi connectivity index (χ0v) is 12.0. The van der Waals surface area contributed by atoms with Gasteiger partial charge in [0, 0.05) is 19.1 Å². The molecule has 2 fully saturated rings. The van der Waals surface area contributed by atoms with Crippen molar-refractivity contribution in [2.75, 3.05) is 26.2 Å². The van der Waals surface area contributed by atoms with Gasteiger partial charge in [0.1, 0.15) is 6.04 Å². The Kier molecular flexibility index (Phi) is 4.80. The molecule has 0 radical (unpaired) electrons. The molecular weight excluding hydrogens is 242 g/mol. The van der Waals surface area contributed by atoms with Crippen LogP contribution in [0.1, 0.15) is 39.5 Å². The van der Waals surface area contributed by atoms with Crippen molar-refractivity contribution in [2.24, 2.45) is 0 Å². The van der Waals surface area contributed by atoms with Crippen molar-refractivity contribution in [3.05, 3.63) is 0 Å². The van der Waals surface area contributed by atoms with Gasteiger partial charge in [-0.15, -0.1) is 0 Å². The fraction of sp³-hybridized carbons (Fsp3) is 0.857. The Bertz CT molecular complexity index is 346. The highest BCUT2D eigenvalue weighted by Gasteiger charge is 2.40. The summed E-state index contributed by atoms with van der Waals surface area (Å²) in [4.78, 5) is 28.0. The maximum absolute atomic E-state index is 12.4. The van der Waals surface area contributed by atoms with Gasteiger partial charge >= 0.3 is 0 Å². The van der Waals surface area contributed by atoms with Crippen LogP contribution < -0.4 is 5.32 Å². The van der Waals surface area contributed by atoms with E-state index in [1.54, 1.807) is 9.80 Å². The Morgan fingerprint density at radius 3 is 2.89 bits per heavy atom. The summed E-state index contributed by atoms with van der Waals surface area (Å²) in [5.41, 5.74) is 0. The van der Waals surface area contributed by atoms with Crippen LogP contribution in [0, 0.1) is 0 Å². The summed E-state index contributed by atoms with van der Waals surface area (Å²) >= 11 is 0. The number of rotatable bonds is 5. The molecular formula is C14H25N3O2. The van der Waals surface area contributed by atoms with Gasteiger partial charge in [-0.3, -0.25) is 9.59 Å². The molecule has 2 atom stereocenters. The third-order valence-corrected chi connectivity index (χ3v) is 3.98. The molecule has 5 heteroatoms. The van der Waals surface area contributed by atoms with E-state index in [0.717, 1.165) is 38.8 Å². The van der Waals surface area contributed by atoms with Crippen molar-refractivity contribution in [2.45, 2.75) is 51.6 Å². The lowest BCUT2D eigenvalue weighted by atomic mass is 9.98. The van der Waals surface area contributed by atoms with Crippen molar-refractivity contribution >= 4 is 11.8 Å². The zero-order chi connectivity index (χ0) is 13.8. The fourth-order valence-electron chi connectivity index (χ4n) is 2.97. The lowest BCUT2D eigenvalue weighted by molar-refractivity contribution is -0.158. The smallest absolute Gasteiger partial charge is 0.245 e. The molecule has 2 heterocycles. The molecule has 108 valence electrons. The van der Waals surface area contributed by atoms with Crippen LogP contribution in [0.5, 0.6) is 0 Å². The van der Waals surface area contributed by atoms with Crippen molar-refractivity contribution < 1.29 is 9.59 Å². The molecule has 0 spiro atoms. The summed E-state index contributed by atoms with van der Waals surface area (Å²) in [6.07, 6.45) is 3.99. The number of piperidine rings is 1. The number of nitrogens with one attached hydrogen (secondary N) is 1. The first-order valence-electron chi connectivity index (χ1n) is 7.45. The number of carbonyl (C=O) groups excluding carboxylic acids is 2. The molecule has 2 aliphatic heterocycles. The zero-order valence-electron chi connectivity index (χ0n) is 12.0. The highest BCUT2D eigenvalue weighted by molar-refractivity contribution is 5.95. The molecule has 2 unspecified atom stereocenters. The number of carbonyl (C=O) groups is 2. The van der Waals surface area contributed by atoms with E-state index in [0.29, 0.717) is 6.54 Å². The van der Waals surface area contributed by atoms with Crippen LogP contribution in [0.2, 0.25) is 0 Å². The van der Waals surface area contributed by atoms with Crippen molar-refractivity contribution in [1.29, 1.82) is 0 Å². The molecule has 0 aromatic carbocycles. The molecule has 2 amide bonds. The maximum atomic E-state index is 12.4. The van der Waals surface area contributed by atoms with Crippen LogP contribution in [-0.4, -0.2) is 59.9 Å². The Hall–Kier alpha value is -1.10. The SMILES string of the molecule is CCCNC(C)CN1CC(=O)N2CCCCC2C1=O. The molecule has 0 bridgehead atoms. The number of amides is 2. The Morgan fingerprint density at radius 2 is 2.16 bits per heavy atom. The second kappa shape index (κ2) is 6.37. The predicted octanol–water partition coefficient (Wildman–Crippen LogP) is 0.598. The summed E-state index contributed by atoms with van der Waals surface area (Å²) in [6, 6.07) is 0.0558. The predicted molar refractivity (Wildman–Crippen MR) is 73.7 cm³/mol. The molecule has 19 heavy (non-hydrogen) atoms. The summed E-state index contributed by atoms with van der Waals surface area (Å²) in [5.74, 6) is 0.261. The molecule has 2 rings (SSSR count). The minimum Gasteiger partial charge on any atom is -0.330 e. The first-order valence-corrected chi connectivity index (χ1v) is 7.45. The molecule has 2 aliphatic rings. The molecule has 0 saturated carbocycles. The quantitative estimate of drug-likeness (QED) is 0.793. The van der Waals surface area contributed by atoms with Crippen LogP contribution in [0.15, 0.2) is 0 Å². The first kappa shape index (κ1) is 14.3. The van der Waals surface area contributed by atoms with E-state index in [2.05, 4.69) is 19.2 Å². The minimum absolute atomic E-state index is 0.118. The monoisotopic (exact) mass is 267 g/mol. The summed E-state index contributed by atoms with van der Waals surface area (Å²) in [6.45, 7) is 6.79. The number of hydrogen-bond donors (Lipinski definition) is 1. The third kappa shape index (κ3) is 3.26. The van der Waals surface area contributed by atoms with Crippen LogP contribution in [-0.2, 0) is 9.59 Å². The molecule has 0 aromatic heterocycles. The highest BCUT2D eigenvalue weighted by Crippen LogP contribution is 2.23. The number of nitrogens with zero attached hydrogens (tertiary/aromatic N) is 2. The second-order valence-corrected chi connectivity index (χ2v) is 5.67. The fourth-order valence-corrected chi connectivity index (χ4v) is 2.97. The standard InChI is InChI=1S/C14H25N3O2/c1-3-7-15-11(2)9-16-10-13(18)17-8-5-4-6-12(17)14(16)19/h11-12,15H,3-10H2,1-2H3. The normalized spacial score (nSPS) is 25.5. The first-order chi connectivity index (χ1) is 9.13. The Morgan fingerprint density at radius 1 is 1.37 bits per heavy atom. The van der Waals surface area contributed by atoms with Crippen LogP contribution in [0.25, 0.3) is 0 Å². The van der Waals surface area contributed by atoms with E-state index >= 15 is 0 Å². The molecule has 2 saturated heterocycles. The van der Waals surface area contributed by atoms with Crippen LogP contribution in [0.3, 0.4) is 0 Å². The van der Waals surface area contributed by atoms with Crippen molar-refractivity contribution in [3.8, 4) is 0 Å². The molecule has 5 nitrogen and oxygen atoms in total. The Balaban J connectivity index is 1.94. The number of fused-ring (bicyclic) bond motifs is 1. The van der Waals surface area contributed by atoms with Crippen LogP contribution in [0.4, 0.5) is 0 Å². The summed E-state index contributed by atoms with van der Waals surface area (Å²) < 4.78 is 0. The van der Waals surface area contributed by atoms with E-state index < -0.39 is 0 Å². The minimum atomic E-state index is -0.187. The molecule has 1 N–H and O–H groups in total. The number of hydrogen-bond acceptors (Lipinski definition) is 3. The highest BCUT2D eigenvalue weighted by atomic mass is 16.2. The van der Waals surface area contributed by atoms with Gasteiger partial charge < -0.3 is 15.1 Å². The molecule has 0 aromatic rings. The van der Waals surface area contributed by atoms with Gasteiger partial charge in [0.15, 0.2) is 0 Å². The van der Waals surface area contributed by atoms with Gasteiger partial charge in [-0.2, -0.15) is 0 Å². The summed E-state index contributed by atoms with van der Waals surface area (Å²) in [7, 11) is 0. The largest absolute Gasteiger partial charge is 0.330 e. The van der Waals surface area contributed by atoms with Gasteiger partial charge in [-0.1, -0.05) is 6.92 Å². The van der Waals surface area contributed by atoms with E-state index in [9.17, 15) is 9.59 Å². The van der Waals surface area contributed by atoms with Gasteiger partial charge in [-0.25, -0.2) is 0 Å². The molecule has 0 aliphatic carbocycles. The second-order valence-electron chi connectivity index (χ2n) is 5.67. The van der Waals surface area contributed by atoms with Crippen LogP contribution >= 0.6 is 0 Å². The van der Waals surface area contributed by atoms with Gasteiger partial charge in [0.2, 0.25) is 11.8 Å². The maximum Gasteiger partial charge on any atom is 0.245 e. The summed E-state index contributed by atoms with van der Waals surface area (Å²) in [5, 5.41) is 3.37. The number of piperazine rings is 1. The van der Waals surface area contributed by atoms with Gasteiger partial charge in [0.05, 0.1) is 6.54 Å². The van der Waals surface area contributed by atoms with E-state index in [4.69, 9.17) is 0 Å². The average molecular weight is 267 g/mol. The van der Waals surface area contributed by atoms with E-state index in [1.807, 2.05) is 0 Å². The van der Waals surface area contributed by atoms with E-state index in [-0.39, 0.29) is 30.4 Å². The average Bonchev–Trinajstić information content (AvgIpc) is 2.42. The van der Waals surface area contributed by atoms with Gasteiger partial charge in [-0.05, 0) is 39.2 Å². The van der Waals surface area contributed by atoms with Crippen molar-refractivity contribution in [3.63, 3.8) is 0 Å². The lowest BCUT2D eigenvalue weighted by Gasteiger charge is -2.43. The van der Waals surface area contributed by atoms with Crippen molar-refractivity contribution in [1.82, 2.24) is 15.1 Å². The third-order valence-electron chi connectivity index (χ3n) is 3.98. The lowest BCUT2D eigenvalue weighted by Crippen LogP contribution is -2.62.